The lowest BCUT2D eigenvalue weighted by atomic mass is 9.91. The first-order valence-corrected chi connectivity index (χ1v) is 11.2. The van der Waals surface area contributed by atoms with Crippen molar-refractivity contribution < 1.29 is 8.78 Å². The smallest absolute Gasteiger partial charge is 0.159 e. The SMILES string of the molecule is CC(C)NC1CC=C(c2cnc3ccc(-c4c[nH]nc4-c4ccc(F)c(F)c4)nc3c2)CC1. The maximum Gasteiger partial charge on any atom is 0.159 e. The quantitative estimate of drug-likeness (QED) is 0.401. The first-order valence-electron chi connectivity index (χ1n) is 11.2. The summed E-state index contributed by atoms with van der Waals surface area (Å²) in [6.07, 6.45) is 9.03. The summed E-state index contributed by atoms with van der Waals surface area (Å²) in [4.78, 5) is 9.44. The molecule has 0 bridgehead atoms. The van der Waals surface area contributed by atoms with E-state index < -0.39 is 11.6 Å². The molecule has 1 unspecified atom stereocenters. The van der Waals surface area contributed by atoms with Crippen molar-refractivity contribution in [2.45, 2.75) is 45.2 Å². The van der Waals surface area contributed by atoms with E-state index in [-0.39, 0.29) is 0 Å². The molecule has 0 radical (unpaired) electrons. The summed E-state index contributed by atoms with van der Waals surface area (Å²) in [5.74, 6) is -1.80. The maximum atomic E-state index is 13.8. The van der Waals surface area contributed by atoms with Crippen molar-refractivity contribution in [2.75, 3.05) is 0 Å². The number of fused-ring (bicyclic) bond motifs is 1. The molecule has 0 fully saturated rings. The van der Waals surface area contributed by atoms with Crippen LogP contribution in [0.15, 0.2) is 54.9 Å². The van der Waals surface area contributed by atoms with Crippen LogP contribution in [-0.4, -0.2) is 32.2 Å². The number of H-pyrrole nitrogens is 1. The van der Waals surface area contributed by atoms with Gasteiger partial charge in [0.05, 0.1) is 16.7 Å². The number of halogens is 2. The minimum atomic E-state index is -0.909. The number of hydrogen-bond donors (Lipinski definition) is 2. The Morgan fingerprint density at radius 1 is 1.03 bits per heavy atom. The number of nitrogens with zero attached hydrogens (tertiary/aromatic N) is 3. The van der Waals surface area contributed by atoms with Crippen molar-refractivity contribution in [3.63, 3.8) is 0 Å². The van der Waals surface area contributed by atoms with Crippen LogP contribution in [0, 0.1) is 11.6 Å². The van der Waals surface area contributed by atoms with Crippen molar-refractivity contribution in [2.24, 2.45) is 0 Å². The van der Waals surface area contributed by atoms with E-state index in [9.17, 15) is 8.78 Å². The minimum absolute atomic E-state index is 0.481. The lowest BCUT2D eigenvalue weighted by Gasteiger charge is -2.25. The van der Waals surface area contributed by atoms with Crippen LogP contribution < -0.4 is 5.32 Å². The third-order valence-electron chi connectivity index (χ3n) is 6.00. The Bertz CT molecular complexity index is 1340. The average molecular weight is 446 g/mol. The molecule has 0 aliphatic heterocycles. The second kappa shape index (κ2) is 8.83. The van der Waals surface area contributed by atoms with Gasteiger partial charge in [-0.25, -0.2) is 13.8 Å². The Labute approximate surface area is 191 Å². The fraction of sp³-hybridized carbons (Fsp3) is 0.269. The molecular formula is C26H25F2N5. The van der Waals surface area contributed by atoms with Crippen LogP contribution in [0.3, 0.4) is 0 Å². The first-order chi connectivity index (χ1) is 16.0. The molecule has 1 aromatic carbocycles. The standard InChI is InChI=1S/C26H25F2N5/c1-15(2)31-19-6-3-16(4-7-19)18-12-25-24(29-13-18)10-9-23(32-25)20-14-30-33-26(20)17-5-8-21(27)22(28)11-17/h3,5,8-15,19,31H,4,6-7H2,1-2H3,(H,30,33). The van der Waals surface area contributed by atoms with Gasteiger partial charge in [0.1, 0.15) is 5.69 Å². The molecule has 0 amide bonds. The van der Waals surface area contributed by atoms with Gasteiger partial charge in [-0.05, 0) is 66.8 Å². The highest BCUT2D eigenvalue weighted by atomic mass is 19.2. The number of hydrogen-bond acceptors (Lipinski definition) is 4. The van der Waals surface area contributed by atoms with Crippen LogP contribution in [0.1, 0.15) is 38.7 Å². The minimum Gasteiger partial charge on any atom is -0.311 e. The predicted octanol–water partition coefficient (Wildman–Crippen LogP) is 5.90. The van der Waals surface area contributed by atoms with Crippen molar-refractivity contribution in [3.8, 4) is 22.5 Å². The number of benzene rings is 1. The molecule has 5 nitrogen and oxygen atoms in total. The summed E-state index contributed by atoms with van der Waals surface area (Å²) >= 11 is 0. The van der Waals surface area contributed by atoms with E-state index in [4.69, 9.17) is 4.98 Å². The fourth-order valence-corrected chi connectivity index (χ4v) is 4.40. The van der Waals surface area contributed by atoms with Crippen LogP contribution in [0.25, 0.3) is 39.1 Å². The summed E-state index contributed by atoms with van der Waals surface area (Å²) in [5.41, 5.74) is 6.37. The second-order valence-electron chi connectivity index (χ2n) is 8.76. The topological polar surface area (TPSA) is 66.5 Å². The molecule has 0 spiro atoms. The molecule has 1 atom stereocenters. The van der Waals surface area contributed by atoms with Crippen molar-refractivity contribution >= 4 is 16.6 Å². The van der Waals surface area contributed by atoms with E-state index in [0.29, 0.717) is 34.6 Å². The van der Waals surface area contributed by atoms with Gasteiger partial charge in [-0.1, -0.05) is 19.9 Å². The molecule has 3 aromatic heterocycles. The average Bonchev–Trinajstić information content (AvgIpc) is 3.30. The maximum absolute atomic E-state index is 13.8. The van der Waals surface area contributed by atoms with Crippen molar-refractivity contribution in [1.82, 2.24) is 25.5 Å². The summed E-state index contributed by atoms with van der Waals surface area (Å²) in [7, 11) is 0. The summed E-state index contributed by atoms with van der Waals surface area (Å²) in [6, 6.07) is 10.6. The van der Waals surface area contributed by atoms with Crippen LogP contribution >= 0.6 is 0 Å². The van der Waals surface area contributed by atoms with Gasteiger partial charge >= 0.3 is 0 Å². The molecule has 4 aromatic rings. The zero-order chi connectivity index (χ0) is 22.9. The predicted molar refractivity (Wildman–Crippen MR) is 126 cm³/mol. The van der Waals surface area contributed by atoms with E-state index >= 15 is 0 Å². The number of rotatable bonds is 5. The van der Waals surface area contributed by atoms with Crippen LogP contribution in [-0.2, 0) is 0 Å². The van der Waals surface area contributed by atoms with E-state index in [0.717, 1.165) is 48.0 Å². The lowest BCUT2D eigenvalue weighted by molar-refractivity contribution is 0.437. The van der Waals surface area contributed by atoms with Gasteiger partial charge in [-0.2, -0.15) is 5.10 Å². The number of allylic oxidation sites excluding steroid dienone is 1. The van der Waals surface area contributed by atoms with Gasteiger partial charge in [-0.15, -0.1) is 0 Å². The highest BCUT2D eigenvalue weighted by Crippen LogP contribution is 2.32. The van der Waals surface area contributed by atoms with Crippen LogP contribution in [0.5, 0.6) is 0 Å². The molecule has 5 rings (SSSR count). The van der Waals surface area contributed by atoms with E-state index in [1.807, 2.05) is 18.3 Å². The van der Waals surface area contributed by atoms with Gasteiger partial charge < -0.3 is 5.32 Å². The number of nitrogens with one attached hydrogen (secondary N) is 2. The second-order valence-corrected chi connectivity index (χ2v) is 8.76. The van der Waals surface area contributed by atoms with E-state index in [1.54, 1.807) is 6.20 Å². The monoisotopic (exact) mass is 445 g/mol. The molecule has 0 saturated heterocycles. The lowest BCUT2D eigenvalue weighted by Crippen LogP contribution is -2.35. The zero-order valence-electron chi connectivity index (χ0n) is 18.6. The molecule has 33 heavy (non-hydrogen) atoms. The Morgan fingerprint density at radius 2 is 1.91 bits per heavy atom. The summed E-state index contributed by atoms with van der Waals surface area (Å²) < 4.78 is 27.2. The number of pyridine rings is 2. The largest absolute Gasteiger partial charge is 0.311 e. The van der Waals surface area contributed by atoms with Crippen LogP contribution in [0.2, 0.25) is 0 Å². The molecule has 3 heterocycles. The Hall–Kier alpha value is -3.45. The van der Waals surface area contributed by atoms with E-state index in [1.165, 1.54) is 11.6 Å². The molecular weight excluding hydrogens is 420 g/mol. The number of aromatic amines is 1. The van der Waals surface area contributed by atoms with Gasteiger partial charge in [0.2, 0.25) is 0 Å². The highest BCUT2D eigenvalue weighted by molar-refractivity contribution is 5.85. The molecule has 0 saturated carbocycles. The Kier molecular flexibility index (Phi) is 5.72. The summed E-state index contributed by atoms with van der Waals surface area (Å²) in [5, 5.41) is 10.7. The summed E-state index contributed by atoms with van der Waals surface area (Å²) in [6.45, 7) is 4.35. The van der Waals surface area contributed by atoms with Gasteiger partial charge in [0.15, 0.2) is 11.6 Å². The van der Waals surface area contributed by atoms with E-state index in [2.05, 4.69) is 46.5 Å². The molecule has 1 aliphatic rings. The Morgan fingerprint density at radius 3 is 2.67 bits per heavy atom. The third-order valence-corrected chi connectivity index (χ3v) is 6.00. The Balaban J connectivity index is 1.47. The molecule has 1 aliphatic carbocycles. The fourth-order valence-electron chi connectivity index (χ4n) is 4.40. The molecule has 7 heteroatoms. The normalized spacial score (nSPS) is 16.4. The third kappa shape index (κ3) is 4.41. The van der Waals surface area contributed by atoms with Crippen LogP contribution in [0.4, 0.5) is 8.78 Å². The first kappa shape index (κ1) is 21.4. The van der Waals surface area contributed by atoms with Gasteiger partial charge in [-0.3, -0.25) is 10.1 Å². The van der Waals surface area contributed by atoms with Crippen molar-refractivity contribution in [3.05, 3.63) is 72.1 Å². The van der Waals surface area contributed by atoms with Crippen molar-refractivity contribution in [1.29, 1.82) is 0 Å². The molecule has 2 N–H and O–H groups in total. The number of aromatic nitrogens is 4. The van der Waals surface area contributed by atoms with Gasteiger partial charge in [0.25, 0.3) is 0 Å². The van der Waals surface area contributed by atoms with Gasteiger partial charge in [0, 0.05) is 35.6 Å². The highest BCUT2D eigenvalue weighted by Gasteiger charge is 2.18. The zero-order valence-corrected chi connectivity index (χ0v) is 18.6. The molecule has 168 valence electrons.